The molecule has 58 valence electrons. The van der Waals surface area contributed by atoms with Gasteiger partial charge in [-0.2, -0.15) is 0 Å². The second-order valence-corrected chi connectivity index (χ2v) is 2.00. The molecule has 0 bridgehead atoms. The average molecular weight is 165 g/mol. The summed E-state index contributed by atoms with van der Waals surface area (Å²) < 4.78 is 14.2. The molecule has 5 nitrogen and oxygen atoms in total. The van der Waals surface area contributed by atoms with Gasteiger partial charge in [-0.1, -0.05) is 0 Å². The summed E-state index contributed by atoms with van der Waals surface area (Å²) in [4.78, 5) is 10.0. The number of carboxylic acids is 1. The Morgan fingerprint density at radius 1 is 1.80 bits per heavy atom. The Bertz CT molecular complexity index is 128. The van der Waals surface area contributed by atoms with Crippen molar-refractivity contribution in [3.8, 4) is 0 Å². The summed E-state index contributed by atoms with van der Waals surface area (Å²) in [5, 5.41) is 8.20. The third kappa shape index (κ3) is 4.38. The molecule has 0 aromatic heterocycles. The minimum atomic E-state index is -1.01. The lowest BCUT2D eigenvalue weighted by molar-refractivity contribution is -0.138. The molecule has 0 fully saturated rings. The van der Waals surface area contributed by atoms with Gasteiger partial charge in [0.1, 0.15) is 0 Å². The standard InChI is InChI=1S/C4H8NO4P/c5-2-3(9-10-8)1-4(6)7/h3H,1-2,5H2,(H,6,7). The first-order valence-corrected chi connectivity index (χ1v) is 3.34. The van der Waals surface area contributed by atoms with E-state index in [0.717, 1.165) is 0 Å². The number of hydrogen-bond donors (Lipinski definition) is 2. The Morgan fingerprint density at radius 3 is 2.70 bits per heavy atom. The van der Waals surface area contributed by atoms with Crippen LogP contribution in [0.5, 0.6) is 0 Å². The van der Waals surface area contributed by atoms with Gasteiger partial charge in [0.2, 0.25) is 0 Å². The predicted molar refractivity (Wildman–Crippen MR) is 33.8 cm³/mol. The Labute approximate surface area is 59.4 Å². The molecular formula is C4H8NO4P. The van der Waals surface area contributed by atoms with E-state index in [0.29, 0.717) is 0 Å². The molecule has 0 aromatic rings. The van der Waals surface area contributed by atoms with E-state index in [9.17, 15) is 9.36 Å². The molecular weight excluding hydrogens is 157 g/mol. The zero-order valence-electron chi connectivity index (χ0n) is 5.19. The number of carboxylic acid groups (broad SMARTS) is 1. The molecule has 0 spiro atoms. The minimum Gasteiger partial charge on any atom is -0.481 e. The lowest BCUT2D eigenvalue weighted by atomic mass is 10.3. The van der Waals surface area contributed by atoms with Gasteiger partial charge in [-0.05, 0) is 0 Å². The molecule has 0 aliphatic rings. The highest BCUT2D eigenvalue weighted by molar-refractivity contribution is 7.17. The lowest BCUT2D eigenvalue weighted by Gasteiger charge is -2.05. The second-order valence-electron chi connectivity index (χ2n) is 1.64. The van der Waals surface area contributed by atoms with Crippen LogP contribution in [0.3, 0.4) is 0 Å². The number of nitrogens with two attached hydrogens (primary N) is 1. The molecule has 0 aliphatic carbocycles. The van der Waals surface area contributed by atoms with Crippen LogP contribution in [0.15, 0.2) is 0 Å². The number of aliphatic carboxylic acids is 1. The summed E-state index contributed by atoms with van der Waals surface area (Å²) in [6.45, 7) is 0.0571. The van der Waals surface area contributed by atoms with Crippen molar-refractivity contribution >= 4 is 14.7 Å². The van der Waals surface area contributed by atoms with E-state index in [2.05, 4.69) is 4.52 Å². The highest BCUT2D eigenvalue weighted by Gasteiger charge is 2.11. The van der Waals surface area contributed by atoms with Gasteiger partial charge in [0.15, 0.2) is 0 Å². The Balaban J connectivity index is 3.59. The molecule has 0 aliphatic heterocycles. The van der Waals surface area contributed by atoms with E-state index >= 15 is 0 Å². The molecule has 1 atom stereocenters. The quantitative estimate of drug-likeness (QED) is 0.560. The zero-order chi connectivity index (χ0) is 7.98. The largest absolute Gasteiger partial charge is 0.481 e. The van der Waals surface area contributed by atoms with Crippen molar-refractivity contribution in [1.29, 1.82) is 0 Å². The fraction of sp³-hybridized carbons (Fsp3) is 0.750. The van der Waals surface area contributed by atoms with Crippen LogP contribution in [-0.2, 0) is 13.9 Å². The molecule has 0 aromatic carbocycles. The van der Waals surface area contributed by atoms with Crippen molar-refractivity contribution in [2.75, 3.05) is 6.54 Å². The maximum absolute atomic E-state index is 10.0. The third-order valence-electron chi connectivity index (χ3n) is 0.857. The fourth-order valence-corrected chi connectivity index (χ4v) is 0.702. The van der Waals surface area contributed by atoms with E-state index in [4.69, 9.17) is 10.8 Å². The van der Waals surface area contributed by atoms with Crippen molar-refractivity contribution in [3.63, 3.8) is 0 Å². The van der Waals surface area contributed by atoms with Crippen LogP contribution >= 0.6 is 8.69 Å². The van der Waals surface area contributed by atoms with Crippen LogP contribution in [0.4, 0.5) is 0 Å². The highest BCUT2D eigenvalue weighted by atomic mass is 31.1. The topological polar surface area (TPSA) is 89.6 Å². The number of carbonyl (C=O) groups is 1. The third-order valence-corrected chi connectivity index (χ3v) is 1.24. The van der Waals surface area contributed by atoms with Crippen LogP contribution in [0.2, 0.25) is 0 Å². The smallest absolute Gasteiger partial charge is 0.327 e. The molecule has 0 saturated heterocycles. The summed E-state index contributed by atoms with van der Waals surface area (Å²) in [7, 11) is -0.533. The van der Waals surface area contributed by atoms with Gasteiger partial charge in [0.05, 0.1) is 12.5 Å². The summed E-state index contributed by atoms with van der Waals surface area (Å²) in [6, 6.07) is 0. The van der Waals surface area contributed by atoms with E-state index in [1.807, 2.05) is 0 Å². The molecule has 0 radical (unpaired) electrons. The van der Waals surface area contributed by atoms with Crippen molar-refractivity contribution in [3.05, 3.63) is 0 Å². The highest BCUT2D eigenvalue weighted by Crippen LogP contribution is 2.04. The van der Waals surface area contributed by atoms with Gasteiger partial charge in [0.25, 0.3) is 0 Å². The van der Waals surface area contributed by atoms with Gasteiger partial charge in [-0.25, -0.2) is 4.57 Å². The van der Waals surface area contributed by atoms with E-state index in [1.54, 1.807) is 0 Å². The normalized spacial score (nSPS) is 13.3. The SMILES string of the molecule is NCC(CC(=O)O)OP=O. The molecule has 0 saturated carbocycles. The van der Waals surface area contributed by atoms with E-state index in [1.165, 1.54) is 0 Å². The van der Waals surface area contributed by atoms with Crippen LogP contribution in [-0.4, -0.2) is 23.7 Å². The summed E-state index contributed by atoms with van der Waals surface area (Å²) in [5.41, 5.74) is 5.08. The van der Waals surface area contributed by atoms with Crippen molar-refractivity contribution < 1.29 is 19.0 Å². The van der Waals surface area contributed by atoms with Crippen LogP contribution in [0.25, 0.3) is 0 Å². The molecule has 1 unspecified atom stereocenters. The first kappa shape index (κ1) is 9.49. The molecule has 0 rings (SSSR count). The lowest BCUT2D eigenvalue weighted by Crippen LogP contribution is -2.23. The van der Waals surface area contributed by atoms with Crippen LogP contribution < -0.4 is 5.73 Å². The van der Waals surface area contributed by atoms with Gasteiger partial charge in [0, 0.05) is 6.54 Å². The zero-order valence-corrected chi connectivity index (χ0v) is 6.08. The van der Waals surface area contributed by atoms with Gasteiger partial charge in [-0.15, -0.1) is 0 Å². The predicted octanol–water partition coefficient (Wildman–Crippen LogP) is 0.0117. The van der Waals surface area contributed by atoms with Gasteiger partial charge < -0.3 is 10.8 Å². The fourth-order valence-electron chi connectivity index (χ4n) is 0.419. The second kappa shape index (κ2) is 5.29. The van der Waals surface area contributed by atoms with Crippen LogP contribution in [0, 0.1) is 0 Å². The summed E-state index contributed by atoms with van der Waals surface area (Å²) in [5.74, 6) is -1.01. The Morgan fingerprint density at radius 2 is 2.40 bits per heavy atom. The van der Waals surface area contributed by atoms with Crippen molar-refractivity contribution in [2.24, 2.45) is 5.73 Å². The van der Waals surface area contributed by atoms with Crippen LogP contribution in [0.1, 0.15) is 6.42 Å². The van der Waals surface area contributed by atoms with Gasteiger partial charge >= 0.3 is 14.7 Å². The minimum absolute atomic E-state index is 0.0571. The monoisotopic (exact) mass is 165 g/mol. The maximum Gasteiger partial charge on any atom is 0.327 e. The molecule has 3 N–H and O–H groups in total. The van der Waals surface area contributed by atoms with Crippen molar-refractivity contribution in [2.45, 2.75) is 12.5 Å². The molecule has 0 amide bonds. The molecule has 0 heterocycles. The summed E-state index contributed by atoms with van der Waals surface area (Å²) in [6.07, 6.45) is -0.872. The first-order chi connectivity index (χ1) is 4.70. The first-order valence-electron chi connectivity index (χ1n) is 2.61. The van der Waals surface area contributed by atoms with E-state index < -0.39 is 20.8 Å². The number of hydrogen-bond acceptors (Lipinski definition) is 4. The molecule has 6 heteroatoms. The Kier molecular flexibility index (Phi) is 5.02. The van der Waals surface area contributed by atoms with E-state index in [-0.39, 0.29) is 13.0 Å². The molecule has 10 heavy (non-hydrogen) atoms. The average Bonchev–Trinajstić information content (AvgIpc) is 1.86. The number of rotatable bonds is 5. The summed E-state index contributed by atoms with van der Waals surface area (Å²) >= 11 is 0. The Hall–Kier alpha value is -0.510. The van der Waals surface area contributed by atoms with Gasteiger partial charge in [-0.3, -0.25) is 9.32 Å². The van der Waals surface area contributed by atoms with Crippen molar-refractivity contribution in [1.82, 2.24) is 0 Å². The maximum atomic E-state index is 10.0.